The van der Waals surface area contributed by atoms with Gasteiger partial charge < -0.3 is 20.1 Å². The van der Waals surface area contributed by atoms with Crippen LogP contribution in [-0.2, 0) is 11.3 Å². The molecule has 1 aliphatic carbocycles. The predicted molar refractivity (Wildman–Crippen MR) is 100 cm³/mol. The van der Waals surface area contributed by atoms with Gasteiger partial charge in [-0.3, -0.25) is 4.99 Å². The monoisotopic (exact) mass is 419 g/mol. The fourth-order valence-corrected chi connectivity index (χ4v) is 1.97. The van der Waals surface area contributed by atoms with Crippen LogP contribution in [0.4, 0.5) is 0 Å². The van der Waals surface area contributed by atoms with Crippen LogP contribution in [0.5, 0.6) is 5.75 Å². The van der Waals surface area contributed by atoms with Crippen LogP contribution in [0.25, 0.3) is 0 Å². The summed E-state index contributed by atoms with van der Waals surface area (Å²) in [6.07, 6.45) is 2.47. The van der Waals surface area contributed by atoms with Crippen molar-refractivity contribution in [2.24, 2.45) is 4.99 Å². The highest BCUT2D eigenvalue weighted by Crippen LogP contribution is 2.21. The Balaban J connectivity index is 0.00000242. The lowest BCUT2D eigenvalue weighted by molar-refractivity contribution is 0.145. The van der Waals surface area contributed by atoms with Crippen LogP contribution in [0, 0.1) is 6.92 Å². The van der Waals surface area contributed by atoms with Crippen molar-refractivity contribution in [2.75, 3.05) is 27.4 Å². The number of halogens is 1. The quantitative estimate of drug-likeness (QED) is 0.309. The molecule has 1 aliphatic rings. The summed E-state index contributed by atoms with van der Waals surface area (Å²) in [6, 6.07) is 6.84. The van der Waals surface area contributed by atoms with E-state index in [0.717, 1.165) is 17.3 Å². The first-order valence-corrected chi connectivity index (χ1v) is 7.41. The molecule has 0 aromatic heterocycles. The summed E-state index contributed by atoms with van der Waals surface area (Å²) in [4.78, 5) is 4.24. The van der Waals surface area contributed by atoms with Gasteiger partial charge in [-0.25, -0.2) is 0 Å². The minimum atomic E-state index is 0. The average molecular weight is 419 g/mol. The van der Waals surface area contributed by atoms with Crippen LogP contribution in [0.1, 0.15) is 24.0 Å². The van der Waals surface area contributed by atoms with Gasteiger partial charge in [-0.05, 0) is 31.4 Å². The lowest BCUT2D eigenvalue weighted by Crippen LogP contribution is -2.38. The van der Waals surface area contributed by atoms with Crippen LogP contribution in [0.2, 0.25) is 0 Å². The van der Waals surface area contributed by atoms with E-state index in [1.165, 1.54) is 18.4 Å². The van der Waals surface area contributed by atoms with Crippen LogP contribution in [-0.4, -0.2) is 39.4 Å². The maximum Gasteiger partial charge on any atom is 0.191 e. The number of hydrogen-bond donors (Lipinski definition) is 2. The van der Waals surface area contributed by atoms with Gasteiger partial charge in [0.25, 0.3) is 0 Å². The second-order valence-electron chi connectivity index (χ2n) is 5.30. The third-order valence-corrected chi connectivity index (χ3v) is 3.36. The van der Waals surface area contributed by atoms with E-state index in [-0.39, 0.29) is 24.0 Å². The Labute approximate surface area is 149 Å². The minimum absolute atomic E-state index is 0. The van der Waals surface area contributed by atoms with Gasteiger partial charge in [-0.2, -0.15) is 0 Å². The van der Waals surface area contributed by atoms with Gasteiger partial charge in [0.15, 0.2) is 5.96 Å². The summed E-state index contributed by atoms with van der Waals surface area (Å²) in [5, 5.41) is 6.71. The van der Waals surface area contributed by atoms with Crippen molar-refractivity contribution < 1.29 is 9.47 Å². The molecule has 0 radical (unpaired) electrons. The number of methoxy groups -OCH3 is 1. The SMILES string of the molecule is CN=C(NCc1ccc(C)cc1OCCOC)NC1CC1.I. The fourth-order valence-electron chi connectivity index (χ4n) is 1.97. The van der Waals surface area contributed by atoms with Gasteiger partial charge in [0.2, 0.25) is 0 Å². The molecule has 22 heavy (non-hydrogen) atoms. The largest absolute Gasteiger partial charge is 0.491 e. The number of guanidine groups is 1. The van der Waals surface area contributed by atoms with Crippen LogP contribution >= 0.6 is 24.0 Å². The Morgan fingerprint density at radius 3 is 2.73 bits per heavy atom. The Kier molecular flexibility index (Phi) is 8.55. The maximum atomic E-state index is 5.79. The highest BCUT2D eigenvalue weighted by Gasteiger charge is 2.22. The van der Waals surface area contributed by atoms with Gasteiger partial charge in [0.1, 0.15) is 12.4 Å². The summed E-state index contributed by atoms with van der Waals surface area (Å²) >= 11 is 0. The first-order chi connectivity index (χ1) is 10.2. The molecule has 1 aromatic carbocycles. The molecule has 0 saturated heterocycles. The number of hydrogen-bond acceptors (Lipinski definition) is 3. The lowest BCUT2D eigenvalue weighted by Gasteiger charge is -2.15. The van der Waals surface area contributed by atoms with E-state index in [1.807, 2.05) is 0 Å². The summed E-state index contributed by atoms with van der Waals surface area (Å²) in [5.41, 5.74) is 2.31. The Morgan fingerprint density at radius 2 is 2.09 bits per heavy atom. The Hall–Kier alpha value is -1.02. The zero-order valence-corrected chi connectivity index (χ0v) is 15.8. The van der Waals surface area contributed by atoms with E-state index < -0.39 is 0 Å². The van der Waals surface area contributed by atoms with Crippen LogP contribution < -0.4 is 15.4 Å². The number of ether oxygens (including phenoxy) is 2. The number of nitrogens with one attached hydrogen (secondary N) is 2. The standard InChI is InChI=1S/C16H25N3O2.HI/c1-12-4-5-13(15(10-12)21-9-8-20-3)11-18-16(17-2)19-14-6-7-14;/h4-5,10,14H,6-9,11H2,1-3H3,(H2,17,18,19);1H. The van der Waals surface area contributed by atoms with Crippen molar-refractivity contribution in [3.05, 3.63) is 29.3 Å². The average Bonchev–Trinajstić information content (AvgIpc) is 3.29. The van der Waals surface area contributed by atoms with Gasteiger partial charge in [-0.1, -0.05) is 12.1 Å². The Bertz CT molecular complexity index is 490. The topological polar surface area (TPSA) is 54.9 Å². The molecule has 0 amide bonds. The zero-order chi connectivity index (χ0) is 15.1. The molecule has 1 saturated carbocycles. The second-order valence-corrected chi connectivity index (χ2v) is 5.30. The van der Waals surface area contributed by atoms with Crippen LogP contribution in [0.3, 0.4) is 0 Å². The molecule has 2 N–H and O–H groups in total. The van der Waals surface area contributed by atoms with Crippen molar-refractivity contribution in [2.45, 2.75) is 32.4 Å². The molecular weight excluding hydrogens is 393 g/mol. The molecule has 0 spiro atoms. The van der Waals surface area contributed by atoms with E-state index >= 15 is 0 Å². The van der Waals surface area contributed by atoms with Crippen molar-refractivity contribution >= 4 is 29.9 Å². The van der Waals surface area contributed by atoms with Crippen molar-refractivity contribution in [3.8, 4) is 5.75 Å². The summed E-state index contributed by atoms with van der Waals surface area (Å²) in [7, 11) is 3.47. The van der Waals surface area contributed by atoms with Crippen molar-refractivity contribution in [3.63, 3.8) is 0 Å². The summed E-state index contributed by atoms with van der Waals surface area (Å²) in [5.74, 6) is 1.75. The normalized spacial score (nSPS) is 14.2. The maximum absolute atomic E-state index is 5.79. The molecular formula is C16H26IN3O2. The molecule has 1 aromatic rings. The number of nitrogens with zero attached hydrogens (tertiary/aromatic N) is 1. The fraction of sp³-hybridized carbons (Fsp3) is 0.562. The predicted octanol–water partition coefficient (Wildman–Crippen LogP) is 2.47. The van der Waals surface area contributed by atoms with Crippen molar-refractivity contribution in [1.29, 1.82) is 0 Å². The van der Waals surface area contributed by atoms with E-state index in [2.05, 4.69) is 40.7 Å². The molecule has 0 heterocycles. The first kappa shape index (κ1) is 19.0. The molecule has 5 nitrogen and oxygen atoms in total. The van der Waals surface area contributed by atoms with E-state index in [4.69, 9.17) is 9.47 Å². The smallest absolute Gasteiger partial charge is 0.191 e. The molecule has 0 atom stereocenters. The molecule has 0 aliphatic heterocycles. The van der Waals surface area contributed by atoms with Gasteiger partial charge in [-0.15, -0.1) is 24.0 Å². The number of aliphatic imine (C=N–C) groups is 1. The third kappa shape index (κ3) is 6.39. The highest BCUT2D eigenvalue weighted by atomic mass is 127. The number of benzene rings is 1. The minimum Gasteiger partial charge on any atom is -0.491 e. The number of rotatable bonds is 7. The molecule has 6 heteroatoms. The van der Waals surface area contributed by atoms with Gasteiger partial charge in [0, 0.05) is 32.3 Å². The molecule has 2 rings (SSSR count). The molecule has 1 fully saturated rings. The Morgan fingerprint density at radius 1 is 1.32 bits per heavy atom. The van der Waals surface area contributed by atoms with Gasteiger partial charge in [0.05, 0.1) is 6.61 Å². The summed E-state index contributed by atoms with van der Waals surface area (Å²) < 4.78 is 10.8. The number of aryl methyl sites for hydroxylation is 1. The lowest BCUT2D eigenvalue weighted by atomic mass is 10.1. The highest BCUT2D eigenvalue weighted by molar-refractivity contribution is 14.0. The van der Waals surface area contributed by atoms with Gasteiger partial charge >= 0.3 is 0 Å². The van der Waals surface area contributed by atoms with Crippen molar-refractivity contribution in [1.82, 2.24) is 10.6 Å². The second kappa shape index (κ2) is 9.89. The van der Waals surface area contributed by atoms with E-state index in [0.29, 0.717) is 25.8 Å². The third-order valence-electron chi connectivity index (χ3n) is 3.36. The summed E-state index contributed by atoms with van der Waals surface area (Å²) in [6.45, 7) is 3.90. The van der Waals surface area contributed by atoms with E-state index in [9.17, 15) is 0 Å². The molecule has 0 bridgehead atoms. The molecule has 124 valence electrons. The van der Waals surface area contributed by atoms with Crippen LogP contribution in [0.15, 0.2) is 23.2 Å². The first-order valence-electron chi connectivity index (χ1n) is 7.41. The zero-order valence-electron chi connectivity index (χ0n) is 13.5. The van der Waals surface area contributed by atoms with E-state index in [1.54, 1.807) is 14.2 Å². The molecule has 0 unspecified atom stereocenters.